The Labute approximate surface area is 168 Å². The third kappa shape index (κ3) is 4.89. The van der Waals surface area contributed by atoms with Crippen LogP contribution in [-0.2, 0) is 0 Å². The zero-order chi connectivity index (χ0) is 20.4. The zero-order valence-corrected chi connectivity index (χ0v) is 18.1. The molecule has 0 aliphatic carbocycles. The Kier molecular flexibility index (Phi) is 6.31. The topological polar surface area (TPSA) is 58.6 Å². The summed E-state index contributed by atoms with van der Waals surface area (Å²) in [6.07, 6.45) is 0. The Bertz CT molecular complexity index is 852. The molecule has 5 nitrogen and oxygen atoms in total. The van der Waals surface area contributed by atoms with Crippen LogP contribution in [0.15, 0.2) is 40.9 Å². The predicted molar refractivity (Wildman–Crippen MR) is 110 cm³/mol. The number of nitrogens with zero attached hydrogens (tertiary/aromatic N) is 1. The third-order valence-electron chi connectivity index (χ3n) is 4.12. The van der Waals surface area contributed by atoms with E-state index in [1.807, 2.05) is 40.7 Å². The maximum Gasteiger partial charge on any atom is 0.272 e. The summed E-state index contributed by atoms with van der Waals surface area (Å²) in [6, 6.07) is 10.7. The molecule has 0 aromatic heterocycles. The van der Waals surface area contributed by atoms with Gasteiger partial charge in [-0.1, -0.05) is 22.0 Å². The lowest BCUT2D eigenvalue weighted by Gasteiger charge is -2.35. The number of hydrogen-bond acceptors (Lipinski definition) is 3. The van der Waals surface area contributed by atoms with Crippen LogP contribution in [0.1, 0.15) is 52.6 Å². The van der Waals surface area contributed by atoms with Crippen molar-refractivity contribution < 1.29 is 14.3 Å². The van der Waals surface area contributed by atoms with Gasteiger partial charge in [-0.2, -0.15) is 0 Å². The second-order valence-electron chi connectivity index (χ2n) is 7.40. The van der Waals surface area contributed by atoms with E-state index in [0.717, 1.165) is 15.6 Å². The number of amides is 2. The smallest absolute Gasteiger partial charge is 0.272 e. The van der Waals surface area contributed by atoms with Crippen LogP contribution >= 0.6 is 15.9 Å². The minimum atomic E-state index is -0.615. The Morgan fingerprint density at radius 1 is 1.11 bits per heavy atom. The largest absolute Gasteiger partial charge is 0.496 e. The first-order chi connectivity index (χ1) is 12.5. The van der Waals surface area contributed by atoms with E-state index in [0.29, 0.717) is 16.9 Å². The molecule has 2 aromatic rings. The Balaban J connectivity index is 2.38. The van der Waals surface area contributed by atoms with Gasteiger partial charge in [0, 0.05) is 21.2 Å². The molecular formula is C21H25BrN2O3. The lowest BCUT2D eigenvalue weighted by atomic mass is 10.0. The second-order valence-corrected chi connectivity index (χ2v) is 8.32. The number of carbonyl (C=O) groups is 2. The number of aryl methyl sites for hydroxylation is 1. The molecule has 6 heteroatoms. The van der Waals surface area contributed by atoms with Crippen molar-refractivity contribution in [1.29, 1.82) is 0 Å². The van der Waals surface area contributed by atoms with Gasteiger partial charge in [0.15, 0.2) is 0 Å². The first-order valence-electron chi connectivity index (χ1n) is 8.61. The van der Waals surface area contributed by atoms with Crippen LogP contribution in [0, 0.1) is 13.8 Å². The normalized spacial score (nSPS) is 11.1. The van der Waals surface area contributed by atoms with Gasteiger partial charge in [0.25, 0.3) is 11.8 Å². The Morgan fingerprint density at radius 3 is 2.33 bits per heavy atom. The molecule has 0 heterocycles. The molecule has 2 amide bonds. The second kappa shape index (κ2) is 8.13. The highest BCUT2D eigenvalue weighted by molar-refractivity contribution is 9.10. The summed E-state index contributed by atoms with van der Waals surface area (Å²) in [5.74, 6) is -0.0129. The maximum absolute atomic E-state index is 13.1. The summed E-state index contributed by atoms with van der Waals surface area (Å²) in [4.78, 5) is 26.0. The van der Waals surface area contributed by atoms with Crippen LogP contribution in [-0.4, -0.2) is 29.5 Å². The van der Waals surface area contributed by atoms with Crippen LogP contribution in [0.4, 0.5) is 0 Å². The van der Waals surface area contributed by atoms with E-state index in [2.05, 4.69) is 21.4 Å². The van der Waals surface area contributed by atoms with E-state index < -0.39 is 5.54 Å². The molecule has 0 unspecified atom stereocenters. The number of halogens is 1. The van der Waals surface area contributed by atoms with Gasteiger partial charge in [0.05, 0.1) is 12.6 Å². The molecule has 0 fully saturated rings. The van der Waals surface area contributed by atoms with E-state index in [4.69, 9.17) is 4.74 Å². The number of methoxy groups -OCH3 is 1. The summed E-state index contributed by atoms with van der Waals surface area (Å²) in [5.41, 5.74) is 4.80. The molecule has 0 aliphatic heterocycles. The fraction of sp³-hybridized carbons (Fsp3) is 0.333. The number of nitrogens with one attached hydrogen (secondary N) is 1. The summed E-state index contributed by atoms with van der Waals surface area (Å²) < 4.78 is 6.10. The molecule has 2 rings (SSSR count). The predicted octanol–water partition coefficient (Wildman–Crippen LogP) is 4.66. The van der Waals surface area contributed by atoms with Crippen molar-refractivity contribution in [2.24, 2.45) is 0 Å². The van der Waals surface area contributed by atoms with Crippen molar-refractivity contribution in [1.82, 2.24) is 10.4 Å². The fourth-order valence-corrected chi connectivity index (χ4v) is 3.36. The highest BCUT2D eigenvalue weighted by Gasteiger charge is 2.30. The summed E-state index contributed by atoms with van der Waals surface area (Å²) in [7, 11) is 1.56. The van der Waals surface area contributed by atoms with Crippen molar-refractivity contribution in [3.63, 3.8) is 0 Å². The molecule has 27 heavy (non-hydrogen) atoms. The van der Waals surface area contributed by atoms with Crippen molar-refractivity contribution in [2.45, 2.75) is 40.2 Å². The summed E-state index contributed by atoms with van der Waals surface area (Å²) >= 11 is 3.42. The number of carbonyl (C=O) groups excluding carboxylic acids is 2. The summed E-state index contributed by atoms with van der Waals surface area (Å²) in [5, 5.41) is 1.37. The molecule has 1 N–H and O–H groups in total. The summed E-state index contributed by atoms with van der Waals surface area (Å²) in [6.45, 7) is 9.34. The van der Waals surface area contributed by atoms with Gasteiger partial charge in [0.1, 0.15) is 5.75 Å². The van der Waals surface area contributed by atoms with E-state index in [-0.39, 0.29) is 11.8 Å². The Morgan fingerprint density at radius 2 is 1.78 bits per heavy atom. The SMILES string of the molecule is COc1cccc(C(=O)NN(C(=O)c2cc(C)cc(Br)c2)C(C)(C)C)c1C. The highest BCUT2D eigenvalue weighted by atomic mass is 79.9. The first kappa shape index (κ1) is 21.0. The van der Waals surface area contributed by atoms with E-state index >= 15 is 0 Å². The molecule has 0 saturated carbocycles. The Hall–Kier alpha value is -2.34. The molecular weight excluding hydrogens is 408 g/mol. The highest BCUT2D eigenvalue weighted by Crippen LogP contribution is 2.23. The molecule has 0 atom stereocenters. The van der Waals surface area contributed by atoms with E-state index in [9.17, 15) is 9.59 Å². The monoisotopic (exact) mass is 432 g/mol. The maximum atomic E-state index is 13.1. The number of hydrazine groups is 1. The van der Waals surface area contributed by atoms with E-state index in [1.165, 1.54) is 5.01 Å². The lowest BCUT2D eigenvalue weighted by Crippen LogP contribution is -2.56. The van der Waals surface area contributed by atoms with Gasteiger partial charge in [-0.3, -0.25) is 15.0 Å². The van der Waals surface area contributed by atoms with Crippen LogP contribution in [0.3, 0.4) is 0 Å². The van der Waals surface area contributed by atoms with Gasteiger partial charge in [-0.25, -0.2) is 5.01 Å². The minimum absolute atomic E-state index is 0.277. The first-order valence-corrected chi connectivity index (χ1v) is 9.40. The minimum Gasteiger partial charge on any atom is -0.496 e. The van der Waals surface area contributed by atoms with Crippen molar-refractivity contribution in [3.05, 3.63) is 63.1 Å². The number of hydrogen-bond donors (Lipinski definition) is 1. The van der Waals surface area contributed by atoms with Gasteiger partial charge >= 0.3 is 0 Å². The molecule has 144 valence electrons. The van der Waals surface area contributed by atoms with Crippen LogP contribution in [0.25, 0.3) is 0 Å². The molecule has 0 saturated heterocycles. The number of ether oxygens (including phenoxy) is 1. The van der Waals surface area contributed by atoms with Crippen LogP contribution < -0.4 is 10.2 Å². The van der Waals surface area contributed by atoms with Gasteiger partial charge in [-0.05, 0) is 70.5 Å². The van der Waals surface area contributed by atoms with Gasteiger partial charge in [-0.15, -0.1) is 0 Å². The molecule has 2 aromatic carbocycles. The van der Waals surface area contributed by atoms with Gasteiger partial charge in [0.2, 0.25) is 0 Å². The standard InChI is InChI=1S/C21H25BrN2O3/c1-13-10-15(12-16(22)11-13)20(26)24(21(3,4)5)23-19(25)17-8-7-9-18(27-6)14(17)2/h7-12H,1-6H3,(H,23,25). The van der Waals surface area contributed by atoms with Crippen molar-refractivity contribution in [2.75, 3.05) is 7.11 Å². The molecule has 0 bridgehead atoms. The fourth-order valence-electron chi connectivity index (χ4n) is 2.76. The molecule has 0 spiro atoms. The van der Waals surface area contributed by atoms with Gasteiger partial charge < -0.3 is 4.74 Å². The average molecular weight is 433 g/mol. The zero-order valence-electron chi connectivity index (χ0n) is 16.5. The quantitative estimate of drug-likeness (QED) is 0.717. The third-order valence-corrected chi connectivity index (χ3v) is 4.58. The van der Waals surface area contributed by atoms with Crippen LogP contribution in [0.5, 0.6) is 5.75 Å². The van der Waals surface area contributed by atoms with E-state index in [1.54, 1.807) is 37.4 Å². The van der Waals surface area contributed by atoms with Crippen LogP contribution in [0.2, 0.25) is 0 Å². The average Bonchev–Trinajstić information content (AvgIpc) is 2.57. The lowest BCUT2D eigenvalue weighted by molar-refractivity contribution is 0.0358. The van der Waals surface area contributed by atoms with Crippen molar-refractivity contribution >= 4 is 27.7 Å². The number of benzene rings is 2. The molecule has 0 radical (unpaired) electrons. The molecule has 0 aliphatic rings. The van der Waals surface area contributed by atoms with Crippen molar-refractivity contribution in [3.8, 4) is 5.75 Å². The number of rotatable bonds is 3.